The van der Waals surface area contributed by atoms with Crippen molar-refractivity contribution in [1.29, 1.82) is 0 Å². The van der Waals surface area contributed by atoms with Gasteiger partial charge in [0, 0.05) is 12.1 Å². The number of benzene rings is 2. The first-order chi connectivity index (χ1) is 11.5. The lowest BCUT2D eigenvalue weighted by molar-refractivity contribution is -0.872. The van der Waals surface area contributed by atoms with E-state index in [1.165, 1.54) is 29.7 Å². The lowest BCUT2D eigenvalue weighted by atomic mass is 10.1. The number of nitrogens with one attached hydrogen (secondary N) is 2. The van der Waals surface area contributed by atoms with Crippen LogP contribution >= 0.6 is 0 Å². The molecule has 0 aliphatic rings. The Hall–Kier alpha value is -2.40. The molecule has 0 bridgehead atoms. The summed E-state index contributed by atoms with van der Waals surface area (Å²) in [4.78, 5) is 13.4. The number of carbonyl (C=O) groups is 1. The van der Waals surface area contributed by atoms with Crippen LogP contribution in [0.2, 0.25) is 0 Å². The van der Waals surface area contributed by atoms with E-state index in [-0.39, 0.29) is 18.1 Å². The van der Waals surface area contributed by atoms with Gasteiger partial charge in [-0.3, -0.25) is 4.79 Å². The molecule has 1 amide bonds. The summed E-state index contributed by atoms with van der Waals surface area (Å²) >= 11 is 0. The van der Waals surface area contributed by atoms with Crippen molar-refractivity contribution in [2.75, 3.05) is 21.2 Å². The Morgan fingerprint density at radius 3 is 2.50 bits per heavy atom. The standard InChI is InChI=1S/C19H23FN2O2/c1-22(2)13-16-7-5-4-6-15(16)12-21-19(23)11-14-8-9-18(24-3)17(20)10-14/h4-10H,11-13H2,1-3H3,(H,21,23)/p+1. The number of ether oxygens (including phenoxy) is 1. The van der Waals surface area contributed by atoms with E-state index >= 15 is 0 Å². The zero-order valence-corrected chi connectivity index (χ0v) is 14.4. The molecule has 2 aromatic rings. The van der Waals surface area contributed by atoms with Crippen molar-refractivity contribution in [3.63, 3.8) is 0 Å². The zero-order chi connectivity index (χ0) is 17.5. The molecule has 0 fully saturated rings. The molecule has 128 valence electrons. The fourth-order valence-electron chi connectivity index (χ4n) is 2.54. The van der Waals surface area contributed by atoms with Crippen molar-refractivity contribution in [3.8, 4) is 5.75 Å². The highest BCUT2D eigenvalue weighted by atomic mass is 19.1. The van der Waals surface area contributed by atoms with Crippen LogP contribution < -0.4 is 15.0 Å². The van der Waals surface area contributed by atoms with Crippen molar-refractivity contribution in [2.24, 2.45) is 0 Å². The Labute approximate surface area is 142 Å². The van der Waals surface area contributed by atoms with Gasteiger partial charge < -0.3 is 15.0 Å². The normalized spacial score (nSPS) is 10.7. The number of hydrogen-bond donors (Lipinski definition) is 2. The maximum Gasteiger partial charge on any atom is 0.224 e. The molecule has 2 N–H and O–H groups in total. The summed E-state index contributed by atoms with van der Waals surface area (Å²) in [5, 5.41) is 2.91. The summed E-state index contributed by atoms with van der Waals surface area (Å²) in [6, 6.07) is 12.6. The average molecular weight is 331 g/mol. The first-order valence-electron chi connectivity index (χ1n) is 7.94. The van der Waals surface area contributed by atoms with Gasteiger partial charge in [0.05, 0.1) is 27.6 Å². The van der Waals surface area contributed by atoms with E-state index in [4.69, 9.17) is 4.74 Å². The van der Waals surface area contributed by atoms with Crippen LogP contribution in [0.3, 0.4) is 0 Å². The summed E-state index contributed by atoms with van der Waals surface area (Å²) in [7, 11) is 5.60. The minimum absolute atomic E-state index is 0.133. The SMILES string of the molecule is COc1ccc(CC(=O)NCc2ccccc2C[NH+](C)C)cc1F. The molecule has 2 rings (SSSR count). The van der Waals surface area contributed by atoms with E-state index in [2.05, 4.69) is 25.5 Å². The predicted molar refractivity (Wildman–Crippen MR) is 91.5 cm³/mol. The van der Waals surface area contributed by atoms with Crippen molar-refractivity contribution in [2.45, 2.75) is 19.5 Å². The number of quaternary nitrogens is 1. The summed E-state index contributed by atoms with van der Waals surface area (Å²) in [5.41, 5.74) is 2.94. The third-order valence-electron chi connectivity index (χ3n) is 3.72. The number of methoxy groups -OCH3 is 1. The summed E-state index contributed by atoms with van der Waals surface area (Å²) in [6.45, 7) is 1.37. The number of rotatable bonds is 7. The Morgan fingerprint density at radius 2 is 1.88 bits per heavy atom. The van der Waals surface area contributed by atoms with Gasteiger partial charge in [0.25, 0.3) is 0 Å². The fourth-order valence-corrected chi connectivity index (χ4v) is 2.54. The van der Waals surface area contributed by atoms with E-state index in [1.54, 1.807) is 6.07 Å². The second kappa shape index (κ2) is 8.45. The average Bonchev–Trinajstić information content (AvgIpc) is 2.54. The third-order valence-corrected chi connectivity index (χ3v) is 3.72. The lowest BCUT2D eigenvalue weighted by Gasteiger charge is -2.13. The zero-order valence-electron chi connectivity index (χ0n) is 14.4. The van der Waals surface area contributed by atoms with Gasteiger partial charge in [-0.2, -0.15) is 0 Å². The quantitative estimate of drug-likeness (QED) is 0.804. The molecular formula is C19H24FN2O2+. The highest BCUT2D eigenvalue weighted by Crippen LogP contribution is 2.18. The molecule has 4 nitrogen and oxygen atoms in total. The molecule has 0 aromatic heterocycles. The Balaban J connectivity index is 1.95. The van der Waals surface area contributed by atoms with Crippen molar-refractivity contribution in [1.82, 2.24) is 5.32 Å². The van der Waals surface area contributed by atoms with Gasteiger partial charge >= 0.3 is 0 Å². The minimum Gasteiger partial charge on any atom is -0.494 e. The Bertz CT molecular complexity index is 702. The van der Waals surface area contributed by atoms with Crippen LogP contribution in [-0.4, -0.2) is 27.1 Å². The first kappa shape index (κ1) is 17.9. The molecule has 0 aliphatic heterocycles. The molecule has 0 spiro atoms. The van der Waals surface area contributed by atoms with Gasteiger partial charge in [-0.05, 0) is 23.3 Å². The second-order valence-corrected chi connectivity index (χ2v) is 6.07. The van der Waals surface area contributed by atoms with Crippen LogP contribution in [0, 0.1) is 5.82 Å². The van der Waals surface area contributed by atoms with Crippen LogP contribution in [0.1, 0.15) is 16.7 Å². The largest absolute Gasteiger partial charge is 0.494 e. The topological polar surface area (TPSA) is 42.8 Å². The molecule has 0 saturated heterocycles. The summed E-state index contributed by atoms with van der Waals surface area (Å²) in [5.74, 6) is -0.409. The van der Waals surface area contributed by atoms with Gasteiger partial charge in [0.15, 0.2) is 11.6 Å². The van der Waals surface area contributed by atoms with Crippen molar-refractivity contribution < 1.29 is 18.8 Å². The van der Waals surface area contributed by atoms with Gasteiger partial charge in [-0.1, -0.05) is 30.3 Å². The molecular weight excluding hydrogens is 307 g/mol. The Kier molecular flexibility index (Phi) is 6.32. The molecule has 0 atom stereocenters. The molecule has 0 unspecified atom stereocenters. The van der Waals surface area contributed by atoms with Crippen LogP contribution in [0.4, 0.5) is 4.39 Å². The molecule has 2 aromatic carbocycles. The van der Waals surface area contributed by atoms with Gasteiger partial charge in [0.2, 0.25) is 5.91 Å². The second-order valence-electron chi connectivity index (χ2n) is 6.07. The predicted octanol–water partition coefficient (Wildman–Crippen LogP) is 1.34. The molecule has 0 saturated carbocycles. The van der Waals surface area contributed by atoms with E-state index in [0.717, 1.165) is 12.1 Å². The number of carbonyl (C=O) groups excluding carboxylic acids is 1. The maximum absolute atomic E-state index is 13.7. The molecule has 24 heavy (non-hydrogen) atoms. The van der Waals surface area contributed by atoms with E-state index in [0.29, 0.717) is 12.1 Å². The first-order valence-corrected chi connectivity index (χ1v) is 7.94. The molecule has 5 heteroatoms. The number of amides is 1. The van der Waals surface area contributed by atoms with Crippen LogP contribution in [0.25, 0.3) is 0 Å². The van der Waals surface area contributed by atoms with Crippen LogP contribution in [-0.2, 0) is 24.3 Å². The van der Waals surface area contributed by atoms with E-state index in [9.17, 15) is 9.18 Å². The Morgan fingerprint density at radius 1 is 1.17 bits per heavy atom. The van der Waals surface area contributed by atoms with Gasteiger partial charge in [-0.15, -0.1) is 0 Å². The molecule has 0 heterocycles. The van der Waals surface area contributed by atoms with Crippen LogP contribution in [0.5, 0.6) is 5.75 Å². The molecule has 0 aliphatic carbocycles. The minimum atomic E-state index is -0.456. The number of halogens is 1. The lowest BCUT2D eigenvalue weighted by Crippen LogP contribution is -3.04. The van der Waals surface area contributed by atoms with E-state index in [1.807, 2.05) is 18.2 Å². The van der Waals surface area contributed by atoms with Crippen LogP contribution in [0.15, 0.2) is 42.5 Å². The monoisotopic (exact) mass is 331 g/mol. The highest BCUT2D eigenvalue weighted by molar-refractivity contribution is 5.78. The van der Waals surface area contributed by atoms with E-state index < -0.39 is 5.82 Å². The van der Waals surface area contributed by atoms with Gasteiger partial charge in [0.1, 0.15) is 6.54 Å². The van der Waals surface area contributed by atoms with Gasteiger partial charge in [-0.25, -0.2) is 4.39 Å². The highest BCUT2D eigenvalue weighted by Gasteiger charge is 2.09. The smallest absolute Gasteiger partial charge is 0.224 e. The summed E-state index contributed by atoms with van der Waals surface area (Å²) in [6.07, 6.45) is 0.141. The van der Waals surface area contributed by atoms with Crippen molar-refractivity contribution >= 4 is 5.91 Å². The van der Waals surface area contributed by atoms with Crippen molar-refractivity contribution in [3.05, 3.63) is 65.0 Å². The molecule has 0 radical (unpaired) electrons. The summed E-state index contributed by atoms with van der Waals surface area (Å²) < 4.78 is 18.5. The third kappa shape index (κ3) is 5.06. The fraction of sp³-hybridized carbons (Fsp3) is 0.316. The number of hydrogen-bond acceptors (Lipinski definition) is 2. The maximum atomic E-state index is 13.7.